The Morgan fingerprint density at radius 3 is 2.94 bits per heavy atom. The van der Waals surface area contributed by atoms with Gasteiger partial charge in [0.25, 0.3) is 0 Å². The molecule has 102 valence electrons. The second-order valence-corrected chi connectivity index (χ2v) is 5.62. The molecule has 2 rings (SSSR count). The van der Waals surface area contributed by atoms with Crippen LogP contribution in [-0.2, 0) is 16.8 Å². The summed E-state index contributed by atoms with van der Waals surface area (Å²) in [4.78, 5) is 0. The Labute approximate surface area is 114 Å². The van der Waals surface area contributed by atoms with Crippen LogP contribution in [0.4, 0.5) is 0 Å². The van der Waals surface area contributed by atoms with Crippen molar-refractivity contribution >= 4 is 11.6 Å². The maximum absolute atomic E-state index is 6.37. The van der Waals surface area contributed by atoms with E-state index in [-0.39, 0.29) is 5.54 Å². The molecule has 0 aliphatic carbocycles. The van der Waals surface area contributed by atoms with E-state index in [1.165, 1.54) is 6.42 Å². The number of rotatable bonds is 5. The van der Waals surface area contributed by atoms with Gasteiger partial charge in [-0.05, 0) is 25.3 Å². The summed E-state index contributed by atoms with van der Waals surface area (Å²) in [5.41, 5.74) is 1.08. The minimum Gasteiger partial charge on any atom is -0.383 e. The molecule has 0 spiro atoms. The molecule has 1 N–H and O–H groups in total. The number of hydrogen-bond donors (Lipinski definition) is 1. The second-order valence-electron chi connectivity index (χ2n) is 5.21. The minimum atomic E-state index is -0.0404. The number of aromatic nitrogens is 2. The highest BCUT2D eigenvalue weighted by Gasteiger charge is 2.42. The number of nitrogens with zero attached hydrogens (tertiary/aromatic N) is 2. The Morgan fingerprint density at radius 1 is 1.61 bits per heavy atom. The number of methoxy groups -OCH3 is 1. The fraction of sp³-hybridized carbons (Fsp3) is 0.769. The van der Waals surface area contributed by atoms with Crippen LogP contribution in [0.15, 0.2) is 6.20 Å². The van der Waals surface area contributed by atoms with E-state index in [0.29, 0.717) is 12.5 Å². The molecule has 1 saturated heterocycles. The highest BCUT2D eigenvalue weighted by Crippen LogP contribution is 2.40. The molecule has 2 heterocycles. The lowest BCUT2D eigenvalue weighted by molar-refractivity contribution is 0.175. The Kier molecular flexibility index (Phi) is 4.30. The fourth-order valence-electron chi connectivity index (χ4n) is 2.89. The number of halogens is 1. The lowest BCUT2D eigenvalue weighted by atomic mass is 9.82. The standard InChI is InChI=1S/C13H22ClN3O/c1-10(2)13(5-4-6-15-13)12-11(14)9-16-17(12)7-8-18-3/h9-10,15H,4-8H2,1-3H3. The van der Waals surface area contributed by atoms with Crippen LogP contribution in [0.1, 0.15) is 32.4 Å². The Balaban J connectivity index is 2.38. The first-order valence-electron chi connectivity index (χ1n) is 6.57. The molecule has 0 aromatic carbocycles. The van der Waals surface area contributed by atoms with Crippen molar-refractivity contribution in [3.05, 3.63) is 16.9 Å². The molecule has 4 nitrogen and oxygen atoms in total. The van der Waals surface area contributed by atoms with Crippen molar-refractivity contribution in [1.29, 1.82) is 0 Å². The molecule has 1 unspecified atom stereocenters. The zero-order chi connectivity index (χ0) is 13.2. The predicted molar refractivity (Wildman–Crippen MR) is 72.9 cm³/mol. The quantitative estimate of drug-likeness (QED) is 0.894. The van der Waals surface area contributed by atoms with E-state index in [2.05, 4.69) is 24.3 Å². The summed E-state index contributed by atoms with van der Waals surface area (Å²) in [6.07, 6.45) is 4.05. The largest absolute Gasteiger partial charge is 0.383 e. The topological polar surface area (TPSA) is 39.1 Å². The second kappa shape index (κ2) is 5.59. The molecule has 1 fully saturated rings. The average Bonchev–Trinajstić information content (AvgIpc) is 2.94. The van der Waals surface area contributed by atoms with Gasteiger partial charge in [0.2, 0.25) is 0 Å². The summed E-state index contributed by atoms with van der Waals surface area (Å²) in [5.74, 6) is 0.482. The molecule has 1 atom stereocenters. The number of hydrogen-bond acceptors (Lipinski definition) is 3. The fourth-order valence-corrected chi connectivity index (χ4v) is 3.20. The lowest BCUT2D eigenvalue weighted by Crippen LogP contribution is -2.44. The molecule has 18 heavy (non-hydrogen) atoms. The summed E-state index contributed by atoms with van der Waals surface area (Å²) >= 11 is 6.37. The Bertz CT molecular complexity index is 397. The van der Waals surface area contributed by atoms with Crippen molar-refractivity contribution in [2.45, 2.75) is 38.8 Å². The first-order chi connectivity index (χ1) is 8.62. The van der Waals surface area contributed by atoms with Crippen LogP contribution in [0, 0.1) is 5.92 Å². The van der Waals surface area contributed by atoms with Gasteiger partial charge in [-0.15, -0.1) is 0 Å². The third kappa shape index (κ3) is 2.29. The van der Waals surface area contributed by atoms with Crippen LogP contribution in [0.3, 0.4) is 0 Å². The first kappa shape index (κ1) is 13.8. The van der Waals surface area contributed by atoms with Crippen LogP contribution in [0.5, 0.6) is 0 Å². The molecule has 0 amide bonds. The summed E-state index contributed by atoms with van der Waals surface area (Å²) in [6, 6.07) is 0. The van der Waals surface area contributed by atoms with Gasteiger partial charge in [-0.1, -0.05) is 25.4 Å². The molecule has 1 aromatic heterocycles. The summed E-state index contributed by atoms with van der Waals surface area (Å²) in [6.45, 7) is 6.92. The van der Waals surface area contributed by atoms with E-state index < -0.39 is 0 Å². The third-order valence-corrected chi connectivity index (χ3v) is 4.18. The normalized spacial score (nSPS) is 24.1. The monoisotopic (exact) mass is 271 g/mol. The highest BCUT2D eigenvalue weighted by molar-refractivity contribution is 6.31. The molecule has 0 saturated carbocycles. The number of nitrogens with one attached hydrogen (secondary N) is 1. The molecular weight excluding hydrogens is 250 g/mol. The molecule has 1 aliphatic heterocycles. The van der Waals surface area contributed by atoms with Crippen LogP contribution in [0.2, 0.25) is 5.02 Å². The molecular formula is C13H22ClN3O. The lowest BCUT2D eigenvalue weighted by Gasteiger charge is -2.35. The van der Waals surface area contributed by atoms with Crippen LogP contribution in [0.25, 0.3) is 0 Å². The van der Waals surface area contributed by atoms with Gasteiger partial charge < -0.3 is 10.1 Å². The maximum Gasteiger partial charge on any atom is 0.0837 e. The predicted octanol–water partition coefficient (Wildman–Crippen LogP) is 2.42. The smallest absolute Gasteiger partial charge is 0.0837 e. The molecule has 0 bridgehead atoms. The molecule has 1 aliphatic rings. The Hall–Kier alpha value is -0.580. The van der Waals surface area contributed by atoms with E-state index in [1.54, 1.807) is 13.3 Å². The summed E-state index contributed by atoms with van der Waals surface area (Å²) < 4.78 is 7.13. The van der Waals surface area contributed by atoms with E-state index in [9.17, 15) is 0 Å². The summed E-state index contributed by atoms with van der Waals surface area (Å²) in [5, 5.41) is 8.79. The van der Waals surface area contributed by atoms with Gasteiger partial charge in [-0.3, -0.25) is 4.68 Å². The van der Waals surface area contributed by atoms with Crippen molar-refractivity contribution in [3.63, 3.8) is 0 Å². The van der Waals surface area contributed by atoms with Gasteiger partial charge in [0.05, 0.1) is 35.6 Å². The minimum absolute atomic E-state index is 0.0404. The third-order valence-electron chi connectivity index (χ3n) is 3.90. The molecule has 5 heteroatoms. The first-order valence-corrected chi connectivity index (χ1v) is 6.95. The van der Waals surface area contributed by atoms with Gasteiger partial charge in [-0.25, -0.2) is 0 Å². The zero-order valence-electron chi connectivity index (χ0n) is 11.4. The van der Waals surface area contributed by atoms with Crippen molar-refractivity contribution in [1.82, 2.24) is 15.1 Å². The van der Waals surface area contributed by atoms with Crippen molar-refractivity contribution < 1.29 is 4.74 Å². The SMILES string of the molecule is COCCn1ncc(Cl)c1C1(C(C)C)CCCN1. The Morgan fingerprint density at radius 2 is 2.39 bits per heavy atom. The summed E-state index contributed by atoms with van der Waals surface area (Å²) in [7, 11) is 1.71. The van der Waals surface area contributed by atoms with E-state index in [1.807, 2.05) is 4.68 Å². The zero-order valence-corrected chi connectivity index (χ0v) is 12.1. The van der Waals surface area contributed by atoms with Crippen LogP contribution >= 0.6 is 11.6 Å². The van der Waals surface area contributed by atoms with E-state index >= 15 is 0 Å². The van der Waals surface area contributed by atoms with Gasteiger partial charge >= 0.3 is 0 Å². The van der Waals surface area contributed by atoms with Crippen molar-refractivity contribution in [2.75, 3.05) is 20.3 Å². The van der Waals surface area contributed by atoms with E-state index in [4.69, 9.17) is 16.3 Å². The van der Waals surface area contributed by atoms with Gasteiger partial charge in [-0.2, -0.15) is 5.10 Å². The van der Waals surface area contributed by atoms with Crippen molar-refractivity contribution in [3.8, 4) is 0 Å². The van der Waals surface area contributed by atoms with E-state index in [0.717, 1.165) is 30.2 Å². The van der Waals surface area contributed by atoms with Crippen LogP contribution in [-0.4, -0.2) is 30.0 Å². The van der Waals surface area contributed by atoms with Gasteiger partial charge in [0.15, 0.2) is 0 Å². The number of ether oxygens (including phenoxy) is 1. The van der Waals surface area contributed by atoms with Gasteiger partial charge in [0, 0.05) is 7.11 Å². The molecule has 0 radical (unpaired) electrons. The van der Waals surface area contributed by atoms with Crippen molar-refractivity contribution in [2.24, 2.45) is 5.92 Å². The highest BCUT2D eigenvalue weighted by atomic mass is 35.5. The van der Waals surface area contributed by atoms with Gasteiger partial charge in [0.1, 0.15) is 0 Å². The molecule has 1 aromatic rings. The maximum atomic E-state index is 6.37. The van der Waals surface area contributed by atoms with Crippen LogP contribution < -0.4 is 5.32 Å². The average molecular weight is 272 g/mol.